The van der Waals surface area contributed by atoms with E-state index in [-0.39, 0.29) is 18.2 Å². The number of carbonyl (C=O) groups is 2. The third-order valence-electron chi connectivity index (χ3n) is 4.65. The molecular formula is C21H25N3O5S. The van der Waals surface area contributed by atoms with Gasteiger partial charge in [-0.1, -0.05) is 13.8 Å². The normalized spacial score (nSPS) is 12.2. The highest BCUT2D eigenvalue weighted by Crippen LogP contribution is 2.34. The zero-order valence-corrected chi connectivity index (χ0v) is 18.2. The van der Waals surface area contributed by atoms with Crippen LogP contribution in [0.1, 0.15) is 26.0 Å². The number of thiazole rings is 1. The average molecular weight is 432 g/mol. The van der Waals surface area contributed by atoms with Gasteiger partial charge in [-0.05, 0) is 30.5 Å². The van der Waals surface area contributed by atoms with E-state index in [1.54, 1.807) is 14.2 Å². The minimum Gasteiger partial charge on any atom is -0.497 e. The molecular weight excluding hydrogens is 406 g/mol. The molecule has 3 rings (SSSR count). The predicted octanol–water partition coefficient (Wildman–Crippen LogP) is 3.24. The topological polar surface area (TPSA) is 102 Å². The largest absolute Gasteiger partial charge is 0.497 e. The molecule has 0 spiro atoms. The number of imidazole rings is 1. The Kier molecular flexibility index (Phi) is 6.61. The van der Waals surface area contributed by atoms with Crippen molar-refractivity contribution in [1.29, 1.82) is 0 Å². The van der Waals surface area contributed by atoms with Gasteiger partial charge in [0.1, 0.15) is 17.5 Å². The molecule has 2 N–H and O–H groups in total. The van der Waals surface area contributed by atoms with Crippen LogP contribution in [0.15, 0.2) is 29.8 Å². The van der Waals surface area contributed by atoms with Crippen molar-refractivity contribution in [1.82, 2.24) is 14.7 Å². The molecule has 30 heavy (non-hydrogen) atoms. The number of nitrogens with one attached hydrogen (secondary N) is 1. The minimum absolute atomic E-state index is 0.0624. The van der Waals surface area contributed by atoms with Gasteiger partial charge in [0.2, 0.25) is 5.91 Å². The Morgan fingerprint density at radius 3 is 2.67 bits per heavy atom. The fourth-order valence-corrected chi connectivity index (χ4v) is 4.08. The van der Waals surface area contributed by atoms with Gasteiger partial charge < -0.3 is 19.9 Å². The summed E-state index contributed by atoms with van der Waals surface area (Å²) in [6.07, 6.45) is 2.28. The number of hydrogen-bond donors (Lipinski definition) is 2. The number of amides is 1. The fraction of sp³-hybridized carbons (Fsp3) is 0.381. The second-order valence-electron chi connectivity index (χ2n) is 7.34. The molecule has 0 aliphatic rings. The number of ether oxygens (including phenoxy) is 2. The SMILES string of the molecule is COc1ccc(OC)c(-c2cn3c(CC(=O)NC(CC(C)C)C(=O)O)csc3n2)c1. The summed E-state index contributed by atoms with van der Waals surface area (Å²) in [6.45, 7) is 3.84. The molecule has 0 aliphatic carbocycles. The summed E-state index contributed by atoms with van der Waals surface area (Å²) in [5, 5.41) is 13.8. The lowest BCUT2D eigenvalue weighted by Gasteiger charge is -2.16. The van der Waals surface area contributed by atoms with Crippen molar-refractivity contribution < 1.29 is 24.2 Å². The number of hydrogen-bond acceptors (Lipinski definition) is 6. The molecule has 8 nitrogen and oxygen atoms in total. The van der Waals surface area contributed by atoms with Gasteiger partial charge in [-0.3, -0.25) is 9.20 Å². The molecule has 2 aromatic heterocycles. The molecule has 1 unspecified atom stereocenters. The molecule has 160 valence electrons. The summed E-state index contributed by atoms with van der Waals surface area (Å²) in [5.74, 6) is 0.151. The summed E-state index contributed by atoms with van der Waals surface area (Å²) < 4.78 is 12.6. The minimum atomic E-state index is -1.03. The van der Waals surface area contributed by atoms with Crippen molar-refractivity contribution in [2.45, 2.75) is 32.7 Å². The van der Waals surface area contributed by atoms with E-state index in [0.29, 0.717) is 23.6 Å². The highest BCUT2D eigenvalue weighted by Gasteiger charge is 2.22. The van der Waals surface area contributed by atoms with E-state index in [4.69, 9.17) is 9.47 Å². The van der Waals surface area contributed by atoms with Crippen LogP contribution in [0, 0.1) is 5.92 Å². The van der Waals surface area contributed by atoms with Crippen LogP contribution >= 0.6 is 11.3 Å². The second-order valence-corrected chi connectivity index (χ2v) is 8.17. The molecule has 1 amide bonds. The maximum atomic E-state index is 12.5. The third-order valence-corrected chi connectivity index (χ3v) is 5.54. The first-order valence-electron chi connectivity index (χ1n) is 9.52. The Morgan fingerprint density at radius 1 is 1.27 bits per heavy atom. The highest BCUT2D eigenvalue weighted by atomic mass is 32.1. The van der Waals surface area contributed by atoms with Crippen LogP contribution in [0.3, 0.4) is 0 Å². The lowest BCUT2D eigenvalue weighted by atomic mass is 10.0. The molecule has 0 saturated carbocycles. The standard InChI is InChI=1S/C21H25N3O5S/c1-12(2)7-16(20(26)27)22-19(25)8-13-11-30-21-23-17(10-24(13)21)15-9-14(28-3)5-6-18(15)29-4/h5-6,9-12,16H,7-8H2,1-4H3,(H,22,25)(H,26,27). The number of aromatic nitrogens is 2. The number of nitrogens with zero attached hydrogens (tertiary/aromatic N) is 2. The summed E-state index contributed by atoms with van der Waals surface area (Å²) in [6, 6.07) is 4.58. The Hall–Kier alpha value is -3.07. The van der Waals surface area contributed by atoms with Gasteiger partial charge in [0.25, 0.3) is 0 Å². The van der Waals surface area contributed by atoms with Gasteiger partial charge in [-0.25, -0.2) is 9.78 Å². The first-order valence-corrected chi connectivity index (χ1v) is 10.4. The van der Waals surface area contributed by atoms with E-state index >= 15 is 0 Å². The van der Waals surface area contributed by atoms with Gasteiger partial charge in [-0.2, -0.15) is 0 Å². The van der Waals surface area contributed by atoms with Gasteiger partial charge in [0.05, 0.1) is 26.3 Å². The van der Waals surface area contributed by atoms with Crippen molar-refractivity contribution in [3.8, 4) is 22.8 Å². The quantitative estimate of drug-likeness (QED) is 0.539. The van der Waals surface area contributed by atoms with E-state index in [2.05, 4.69) is 10.3 Å². The fourth-order valence-electron chi connectivity index (χ4n) is 3.20. The smallest absolute Gasteiger partial charge is 0.326 e. The number of aliphatic carboxylic acids is 1. The number of carbonyl (C=O) groups excluding carboxylic acids is 1. The Labute approximate surface area is 178 Å². The molecule has 3 aromatic rings. The number of carboxylic acid groups (broad SMARTS) is 1. The van der Waals surface area contributed by atoms with Crippen molar-refractivity contribution in [2.75, 3.05) is 14.2 Å². The van der Waals surface area contributed by atoms with Crippen LogP contribution in [0.4, 0.5) is 0 Å². The van der Waals surface area contributed by atoms with Crippen LogP contribution in [-0.4, -0.2) is 46.6 Å². The second kappa shape index (κ2) is 9.17. The van der Waals surface area contributed by atoms with E-state index in [9.17, 15) is 14.7 Å². The summed E-state index contributed by atoms with van der Waals surface area (Å²) >= 11 is 1.41. The molecule has 0 saturated heterocycles. The van der Waals surface area contributed by atoms with Crippen LogP contribution in [0.25, 0.3) is 16.2 Å². The molecule has 0 bridgehead atoms. The van der Waals surface area contributed by atoms with Gasteiger partial charge in [0, 0.05) is 22.8 Å². The van der Waals surface area contributed by atoms with Crippen LogP contribution in [0.5, 0.6) is 11.5 Å². The van der Waals surface area contributed by atoms with E-state index < -0.39 is 12.0 Å². The Balaban J connectivity index is 1.84. The van der Waals surface area contributed by atoms with Crippen LogP contribution < -0.4 is 14.8 Å². The predicted molar refractivity (Wildman–Crippen MR) is 114 cm³/mol. The Bertz CT molecular complexity index is 1060. The number of benzene rings is 1. The van der Waals surface area contributed by atoms with E-state index in [0.717, 1.165) is 16.2 Å². The Morgan fingerprint density at radius 2 is 2.03 bits per heavy atom. The van der Waals surface area contributed by atoms with E-state index in [1.165, 1.54) is 11.3 Å². The van der Waals surface area contributed by atoms with E-state index in [1.807, 2.05) is 48.0 Å². The zero-order chi connectivity index (χ0) is 21.8. The molecule has 9 heteroatoms. The van der Waals surface area contributed by atoms with Crippen LogP contribution in [0.2, 0.25) is 0 Å². The first-order chi connectivity index (χ1) is 14.3. The summed E-state index contributed by atoms with van der Waals surface area (Å²) in [5.41, 5.74) is 2.22. The third kappa shape index (κ3) is 4.73. The van der Waals surface area contributed by atoms with Gasteiger partial charge >= 0.3 is 5.97 Å². The number of methoxy groups -OCH3 is 2. The highest BCUT2D eigenvalue weighted by molar-refractivity contribution is 7.15. The summed E-state index contributed by atoms with van der Waals surface area (Å²) in [7, 11) is 3.19. The van der Waals surface area contributed by atoms with Crippen molar-refractivity contribution in [3.63, 3.8) is 0 Å². The molecule has 0 aliphatic heterocycles. The maximum absolute atomic E-state index is 12.5. The summed E-state index contributed by atoms with van der Waals surface area (Å²) in [4.78, 5) is 29.3. The van der Waals surface area contributed by atoms with Gasteiger partial charge in [-0.15, -0.1) is 11.3 Å². The zero-order valence-electron chi connectivity index (χ0n) is 17.3. The van der Waals surface area contributed by atoms with Gasteiger partial charge in [0.15, 0.2) is 4.96 Å². The maximum Gasteiger partial charge on any atom is 0.326 e. The molecule has 1 aromatic carbocycles. The van der Waals surface area contributed by atoms with Crippen molar-refractivity contribution >= 4 is 28.2 Å². The van der Waals surface area contributed by atoms with Crippen molar-refractivity contribution in [3.05, 3.63) is 35.5 Å². The van der Waals surface area contributed by atoms with Crippen LogP contribution in [-0.2, 0) is 16.0 Å². The number of rotatable bonds is 9. The van der Waals surface area contributed by atoms with Crippen molar-refractivity contribution in [2.24, 2.45) is 5.92 Å². The average Bonchev–Trinajstić information content (AvgIpc) is 3.28. The lowest BCUT2D eigenvalue weighted by Crippen LogP contribution is -2.42. The first kappa shape index (κ1) is 21.6. The monoisotopic (exact) mass is 431 g/mol. The molecule has 2 heterocycles. The molecule has 1 atom stereocenters. The lowest BCUT2D eigenvalue weighted by molar-refractivity contribution is -0.142. The molecule has 0 fully saturated rings. The number of fused-ring (bicyclic) bond motifs is 1. The number of carboxylic acids is 1. The molecule has 0 radical (unpaired) electrons.